The van der Waals surface area contributed by atoms with Crippen molar-refractivity contribution in [3.05, 3.63) is 30.3 Å². The van der Waals surface area contributed by atoms with Crippen LogP contribution in [0, 0.1) is 0 Å². The Bertz CT molecular complexity index is 415. The van der Waals surface area contributed by atoms with E-state index in [4.69, 9.17) is 0 Å². The molecule has 0 spiro atoms. The van der Waals surface area contributed by atoms with Crippen LogP contribution in [0.3, 0.4) is 0 Å². The van der Waals surface area contributed by atoms with Crippen LogP contribution in [-0.2, 0) is 19.4 Å². The summed E-state index contributed by atoms with van der Waals surface area (Å²) < 4.78 is 28.3. The third-order valence-electron chi connectivity index (χ3n) is 1.77. The second-order valence-electron chi connectivity index (χ2n) is 2.71. The van der Waals surface area contributed by atoms with Gasteiger partial charge in [-0.2, -0.15) is 0 Å². The highest BCUT2D eigenvalue weighted by molar-refractivity contribution is 7.91. The molecule has 1 N–H and O–H groups in total. The van der Waals surface area contributed by atoms with Crippen molar-refractivity contribution >= 4 is 16.2 Å². The van der Waals surface area contributed by atoms with Gasteiger partial charge in [0.2, 0.25) is 21.8 Å². The molecule has 0 aliphatic carbocycles. The number of benzene rings is 1. The molecule has 0 saturated heterocycles. The Morgan fingerprint density at radius 1 is 1.33 bits per heavy atom. The summed E-state index contributed by atoms with van der Waals surface area (Å²) in [6, 6.07) is 7.77. The summed E-state index contributed by atoms with van der Waals surface area (Å²) in [6.45, 7) is 0. The molecular formula is C9H11NO4S. The van der Waals surface area contributed by atoms with Crippen molar-refractivity contribution in [2.24, 2.45) is 0 Å². The Morgan fingerprint density at radius 2 is 1.93 bits per heavy atom. The van der Waals surface area contributed by atoms with Gasteiger partial charge in [0.05, 0.1) is 4.90 Å². The molecule has 0 radical (unpaired) electrons. The average molecular weight is 229 g/mol. The van der Waals surface area contributed by atoms with Crippen LogP contribution in [0.15, 0.2) is 35.2 Å². The van der Waals surface area contributed by atoms with E-state index in [1.165, 1.54) is 19.2 Å². The van der Waals surface area contributed by atoms with Gasteiger partial charge in [0.25, 0.3) is 0 Å². The molecule has 82 valence electrons. The summed E-state index contributed by atoms with van der Waals surface area (Å²) in [5.41, 5.74) is -1.35. The first kappa shape index (κ1) is 11.7. The molecule has 1 rings (SSSR count). The molecule has 1 amide bonds. The number of hydrogen-bond acceptors (Lipinski definition) is 4. The summed E-state index contributed by atoms with van der Waals surface area (Å²) in [5.74, 6) is 0. The van der Waals surface area contributed by atoms with E-state index in [1.54, 1.807) is 18.2 Å². The van der Waals surface area contributed by atoms with Crippen LogP contribution in [0.2, 0.25) is 0 Å². The third kappa shape index (κ3) is 2.54. The molecule has 0 aliphatic rings. The largest absolute Gasteiger partial charge is 0.348 e. The summed E-state index contributed by atoms with van der Waals surface area (Å²) in [5, 5.41) is 2.08. The number of amides is 1. The van der Waals surface area contributed by atoms with Crippen LogP contribution < -0.4 is 5.32 Å². The smallest absolute Gasteiger partial charge is 0.238 e. The van der Waals surface area contributed by atoms with E-state index in [9.17, 15) is 13.2 Å². The van der Waals surface area contributed by atoms with Crippen molar-refractivity contribution in [2.75, 3.05) is 7.11 Å². The van der Waals surface area contributed by atoms with Gasteiger partial charge in [-0.15, -0.1) is 0 Å². The molecule has 6 heteroatoms. The van der Waals surface area contributed by atoms with Gasteiger partial charge < -0.3 is 10.1 Å². The van der Waals surface area contributed by atoms with Crippen LogP contribution in [0.1, 0.15) is 0 Å². The van der Waals surface area contributed by atoms with E-state index in [2.05, 4.69) is 10.1 Å². The highest BCUT2D eigenvalue weighted by Gasteiger charge is 2.26. The number of rotatable bonds is 5. The summed E-state index contributed by atoms with van der Waals surface area (Å²) in [7, 11) is -2.47. The van der Waals surface area contributed by atoms with Gasteiger partial charge in [-0.1, -0.05) is 18.2 Å². The number of methoxy groups -OCH3 is 1. The zero-order valence-corrected chi connectivity index (χ0v) is 8.90. The number of carbonyl (C=O) groups excluding carboxylic acids is 1. The molecule has 15 heavy (non-hydrogen) atoms. The van der Waals surface area contributed by atoms with Crippen LogP contribution >= 0.6 is 0 Å². The Morgan fingerprint density at radius 3 is 2.40 bits per heavy atom. The zero-order valence-electron chi connectivity index (χ0n) is 8.08. The second-order valence-corrected chi connectivity index (χ2v) is 4.70. The average Bonchev–Trinajstić information content (AvgIpc) is 2.27. The van der Waals surface area contributed by atoms with Crippen molar-refractivity contribution in [2.45, 2.75) is 10.5 Å². The molecule has 1 atom stereocenters. The molecule has 0 saturated carbocycles. The van der Waals surface area contributed by atoms with E-state index in [-0.39, 0.29) is 11.3 Å². The number of carbonyl (C=O) groups is 1. The molecule has 1 aromatic carbocycles. The van der Waals surface area contributed by atoms with Gasteiger partial charge in [0.1, 0.15) is 0 Å². The lowest BCUT2D eigenvalue weighted by molar-refractivity contribution is -0.111. The Kier molecular flexibility index (Phi) is 3.81. The monoisotopic (exact) mass is 229 g/mol. The molecular weight excluding hydrogens is 218 g/mol. The van der Waals surface area contributed by atoms with Crippen molar-refractivity contribution in [3.8, 4) is 0 Å². The number of ether oxygens (including phenoxy) is 1. The van der Waals surface area contributed by atoms with Crippen molar-refractivity contribution in [1.29, 1.82) is 0 Å². The van der Waals surface area contributed by atoms with Crippen LogP contribution in [-0.4, -0.2) is 27.5 Å². The number of sulfone groups is 1. The normalized spacial score (nSPS) is 13.1. The van der Waals surface area contributed by atoms with Crippen LogP contribution in [0.5, 0.6) is 0 Å². The fourth-order valence-corrected chi connectivity index (χ4v) is 2.35. The van der Waals surface area contributed by atoms with E-state index >= 15 is 0 Å². The lowest BCUT2D eigenvalue weighted by Gasteiger charge is -2.14. The van der Waals surface area contributed by atoms with Crippen LogP contribution in [0.4, 0.5) is 0 Å². The first-order chi connectivity index (χ1) is 7.12. The minimum atomic E-state index is -3.68. The van der Waals surface area contributed by atoms with Gasteiger partial charge >= 0.3 is 0 Å². The van der Waals surface area contributed by atoms with E-state index in [0.717, 1.165) is 0 Å². The van der Waals surface area contributed by atoms with E-state index in [1.807, 2.05) is 0 Å². The highest BCUT2D eigenvalue weighted by Crippen LogP contribution is 2.13. The fourth-order valence-electron chi connectivity index (χ4n) is 1.07. The van der Waals surface area contributed by atoms with E-state index < -0.39 is 15.4 Å². The van der Waals surface area contributed by atoms with E-state index in [0.29, 0.717) is 0 Å². The Balaban J connectivity index is 3.06. The summed E-state index contributed by atoms with van der Waals surface area (Å²) >= 11 is 0. The minimum absolute atomic E-state index is 0.103. The SMILES string of the molecule is COC(NC=O)S(=O)(=O)c1ccccc1. The predicted octanol–water partition coefficient (Wildman–Crippen LogP) is 0.136. The van der Waals surface area contributed by atoms with Gasteiger partial charge in [-0.05, 0) is 12.1 Å². The number of nitrogens with one attached hydrogen (secondary N) is 1. The first-order valence-corrected chi connectivity index (χ1v) is 5.69. The maximum atomic E-state index is 11.8. The molecule has 1 aromatic rings. The quantitative estimate of drug-likeness (QED) is 0.575. The highest BCUT2D eigenvalue weighted by atomic mass is 32.2. The van der Waals surface area contributed by atoms with Gasteiger partial charge in [-0.3, -0.25) is 4.79 Å². The van der Waals surface area contributed by atoms with Gasteiger partial charge in [-0.25, -0.2) is 8.42 Å². The molecule has 5 nitrogen and oxygen atoms in total. The summed E-state index contributed by atoms with van der Waals surface area (Å²) in [4.78, 5) is 10.3. The standard InChI is InChI=1S/C9H11NO4S/c1-14-9(10-7-11)15(12,13)8-5-3-2-4-6-8/h2-7,9H,1H3,(H,10,11). The lowest BCUT2D eigenvalue weighted by Crippen LogP contribution is -2.37. The second kappa shape index (κ2) is 4.90. The maximum Gasteiger partial charge on any atom is 0.238 e. The van der Waals surface area contributed by atoms with Crippen molar-refractivity contribution < 1.29 is 17.9 Å². The topological polar surface area (TPSA) is 72.5 Å². The van der Waals surface area contributed by atoms with Gasteiger partial charge in [0.15, 0.2) is 0 Å². The molecule has 0 aromatic heterocycles. The third-order valence-corrected chi connectivity index (χ3v) is 3.59. The minimum Gasteiger partial charge on any atom is -0.348 e. The molecule has 0 bridgehead atoms. The molecule has 0 heterocycles. The van der Waals surface area contributed by atoms with Crippen molar-refractivity contribution in [1.82, 2.24) is 5.32 Å². The van der Waals surface area contributed by atoms with Crippen molar-refractivity contribution in [3.63, 3.8) is 0 Å². The van der Waals surface area contributed by atoms with Crippen LogP contribution in [0.25, 0.3) is 0 Å². The predicted molar refractivity (Wildman–Crippen MR) is 53.6 cm³/mol. The molecule has 1 unspecified atom stereocenters. The summed E-state index contributed by atoms with van der Waals surface area (Å²) in [6.07, 6.45) is 0.286. The first-order valence-electron chi connectivity index (χ1n) is 4.14. The van der Waals surface area contributed by atoms with Gasteiger partial charge in [0, 0.05) is 7.11 Å². The Hall–Kier alpha value is -1.40. The Labute approximate surface area is 88.0 Å². The lowest BCUT2D eigenvalue weighted by atomic mass is 10.4. The number of hydrogen-bond donors (Lipinski definition) is 1. The maximum absolute atomic E-state index is 11.8. The molecule has 0 fully saturated rings. The molecule has 0 aliphatic heterocycles. The fraction of sp³-hybridized carbons (Fsp3) is 0.222. The zero-order chi connectivity index (χ0) is 11.3.